The summed E-state index contributed by atoms with van der Waals surface area (Å²) in [5.41, 5.74) is 0. The first-order chi connectivity index (χ1) is 7.84. The topological polar surface area (TPSA) is 36.1 Å². The highest BCUT2D eigenvalue weighted by Crippen LogP contribution is 2.24. The largest absolute Gasteiger partial charge is 0.372 e. The maximum atomic E-state index is 12.3. The second kappa shape index (κ2) is 4.34. The molecule has 0 N–H and O–H groups in total. The van der Waals surface area contributed by atoms with Crippen molar-refractivity contribution in [2.45, 2.75) is 37.8 Å². The van der Waals surface area contributed by atoms with Gasteiger partial charge < -0.3 is 9.64 Å². The third kappa shape index (κ3) is 2.09. The molecule has 3 aliphatic rings. The second-order valence-corrected chi connectivity index (χ2v) is 5.14. The molecule has 3 saturated heterocycles. The standard InChI is InChI=1S/C12H20N2O2/c15-12(13-5-1-2-6-13)11-4-3-7-14(11)8-10-9-16-10/h10-11H,1-9H2/t10-,11-/m0/s1. The van der Waals surface area contributed by atoms with Crippen molar-refractivity contribution >= 4 is 5.91 Å². The van der Waals surface area contributed by atoms with E-state index in [4.69, 9.17) is 4.74 Å². The van der Waals surface area contributed by atoms with E-state index in [0.717, 1.165) is 45.6 Å². The summed E-state index contributed by atoms with van der Waals surface area (Å²) in [5.74, 6) is 0.371. The SMILES string of the molecule is O=C([C@@H]1CCCN1C[C@H]1CO1)N1CCCC1. The molecule has 0 unspecified atom stereocenters. The van der Waals surface area contributed by atoms with Gasteiger partial charge in [0.2, 0.25) is 5.91 Å². The Kier molecular flexibility index (Phi) is 2.86. The zero-order chi connectivity index (χ0) is 11.0. The zero-order valence-corrected chi connectivity index (χ0v) is 9.73. The molecule has 1 amide bonds. The van der Waals surface area contributed by atoms with Crippen molar-refractivity contribution in [1.82, 2.24) is 9.80 Å². The Labute approximate surface area is 96.5 Å². The smallest absolute Gasteiger partial charge is 0.239 e. The Morgan fingerprint density at radius 2 is 1.94 bits per heavy atom. The first-order valence-electron chi connectivity index (χ1n) is 6.49. The van der Waals surface area contributed by atoms with Crippen molar-refractivity contribution < 1.29 is 9.53 Å². The summed E-state index contributed by atoms with van der Waals surface area (Å²) in [6.45, 7) is 4.88. The number of hydrogen-bond donors (Lipinski definition) is 0. The van der Waals surface area contributed by atoms with Crippen LogP contribution < -0.4 is 0 Å². The van der Waals surface area contributed by atoms with E-state index in [9.17, 15) is 4.79 Å². The minimum atomic E-state index is 0.155. The van der Waals surface area contributed by atoms with Gasteiger partial charge in [-0.05, 0) is 32.2 Å². The van der Waals surface area contributed by atoms with Gasteiger partial charge in [0.25, 0.3) is 0 Å². The lowest BCUT2D eigenvalue weighted by molar-refractivity contribution is -0.134. The van der Waals surface area contributed by atoms with Gasteiger partial charge in [-0.15, -0.1) is 0 Å². The lowest BCUT2D eigenvalue weighted by Crippen LogP contribution is -2.45. The summed E-state index contributed by atoms with van der Waals surface area (Å²) in [6, 6.07) is 0.155. The fraction of sp³-hybridized carbons (Fsp3) is 0.917. The fourth-order valence-corrected chi connectivity index (χ4v) is 2.91. The van der Waals surface area contributed by atoms with Gasteiger partial charge in [0.15, 0.2) is 0 Å². The van der Waals surface area contributed by atoms with Gasteiger partial charge in [-0.1, -0.05) is 0 Å². The Morgan fingerprint density at radius 1 is 1.19 bits per heavy atom. The molecule has 0 radical (unpaired) electrons. The highest BCUT2D eigenvalue weighted by Gasteiger charge is 2.37. The lowest BCUT2D eigenvalue weighted by atomic mass is 10.2. The molecule has 0 aliphatic carbocycles. The number of amides is 1. The monoisotopic (exact) mass is 224 g/mol. The normalized spacial score (nSPS) is 34.6. The molecule has 0 aromatic rings. The van der Waals surface area contributed by atoms with Gasteiger partial charge in [0.1, 0.15) is 0 Å². The highest BCUT2D eigenvalue weighted by atomic mass is 16.6. The summed E-state index contributed by atoms with van der Waals surface area (Å²) < 4.78 is 5.26. The third-order valence-corrected chi connectivity index (χ3v) is 3.91. The Balaban J connectivity index is 1.60. The molecule has 90 valence electrons. The van der Waals surface area contributed by atoms with Crippen LogP contribution in [0.2, 0.25) is 0 Å². The lowest BCUT2D eigenvalue weighted by Gasteiger charge is -2.27. The van der Waals surface area contributed by atoms with Crippen molar-refractivity contribution in [1.29, 1.82) is 0 Å². The Bertz CT molecular complexity index is 272. The van der Waals surface area contributed by atoms with Crippen LogP contribution in [0.4, 0.5) is 0 Å². The van der Waals surface area contributed by atoms with Crippen LogP contribution in [0.3, 0.4) is 0 Å². The van der Waals surface area contributed by atoms with Gasteiger partial charge in [0, 0.05) is 19.6 Å². The summed E-state index contributed by atoms with van der Waals surface area (Å²) in [6.07, 6.45) is 4.99. The molecule has 0 aromatic heterocycles. The highest BCUT2D eigenvalue weighted by molar-refractivity contribution is 5.82. The second-order valence-electron chi connectivity index (χ2n) is 5.14. The van der Waals surface area contributed by atoms with Crippen molar-refractivity contribution in [2.75, 3.05) is 32.8 Å². The molecular formula is C12H20N2O2. The van der Waals surface area contributed by atoms with Crippen molar-refractivity contribution in [3.05, 3.63) is 0 Å². The fourth-order valence-electron chi connectivity index (χ4n) is 2.91. The Hall–Kier alpha value is -0.610. The van der Waals surface area contributed by atoms with Crippen LogP contribution >= 0.6 is 0 Å². The maximum Gasteiger partial charge on any atom is 0.239 e. The van der Waals surface area contributed by atoms with E-state index in [-0.39, 0.29) is 6.04 Å². The number of rotatable bonds is 3. The average Bonchev–Trinajstić information content (AvgIpc) is 2.82. The number of likely N-dealkylation sites (tertiary alicyclic amines) is 2. The third-order valence-electron chi connectivity index (χ3n) is 3.91. The van der Waals surface area contributed by atoms with Gasteiger partial charge in [-0.25, -0.2) is 0 Å². The van der Waals surface area contributed by atoms with E-state index < -0.39 is 0 Å². The zero-order valence-electron chi connectivity index (χ0n) is 9.73. The van der Waals surface area contributed by atoms with Gasteiger partial charge in [0.05, 0.1) is 18.8 Å². The van der Waals surface area contributed by atoms with Crippen molar-refractivity contribution in [3.63, 3.8) is 0 Å². The number of nitrogens with zero attached hydrogens (tertiary/aromatic N) is 2. The summed E-state index contributed by atoms with van der Waals surface area (Å²) in [5, 5.41) is 0. The molecule has 0 aromatic carbocycles. The van der Waals surface area contributed by atoms with E-state index in [2.05, 4.69) is 9.80 Å². The molecule has 2 atom stereocenters. The van der Waals surface area contributed by atoms with E-state index >= 15 is 0 Å². The minimum absolute atomic E-state index is 0.155. The first kappa shape index (κ1) is 10.5. The number of hydrogen-bond acceptors (Lipinski definition) is 3. The van der Waals surface area contributed by atoms with Crippen LogP contribution in [0, 0.1) is 0 Å². The van der Waals surface area contributed by atoms with Crippen LogP contribution in [0.15, 0.2) is 0 Å². The molecule has 4 nitrogen and oxygen atoms in total. The van der Waals surface area contributed by atoms with Gasteiger partial charge >= 0.3 is 0 Å². The minimum Gasteiger partial charge on any atom is -0.372 e. The number of ether oxygens (including phenoxy) is 1. The molecule has 0 spiro atoms. The summed E-state index contributed by atoms with van der Waals surface area (Å²) in [7, 11) is 0. The predicted octanol–water partition coefficient (Wildman–Crippen LogP) is 0.472. The molecule has 3 heterocycles. The molecule has 0 bridgehead atoms. The van der Waals surface area contributed by atoms with Crippen LogP contribution in [-0.4, -0.2) is 60.6 Å². The number of carbonyl (C=O) groups excluding carboxylic acids is 1. The number of epoxide rings is 1. The van der Waals surface area contributed by atoms with Crippen LogP contribution in [0.25, 0.3) is 0 Å². The van der Waals surface area contributed by atoms with Crippen LogP contribution in [0.1, 0.15) is 25.7 Å². The molecule has 4 heteroatoms. The average molecular weight is 224 g/mol. The van der Waals surface area contributed by atoms with Crippen molar-refractivity contribution in [2.24, 2.45) is 0 Å². The van der Waals surface area contributed by atoms with E-state index in [1.807, 2.05) is 0 Å². The molecular weight excluding hydrogens is 204 g/mol. The van der Waals surface area contributed by atoms with Gasteiger partial charge in [-0.3, -0.25) is 9.69 Å². The molecule has 3 aliphatic heterocycles. The first-order valence-corrected chi connectivity index (χ1v) is 6.49. The summed E-state index contributed by atoms with van der Waals surface area (Å²) >= 11 is 0. The predicted molar refractivity (Wildman–Crippen MR) is 60.1 cm³/mol. The molecule has 16 heavy (non-hydrogen) atoms. The quantitative estimate of drug-likeness (QED) is 0.654. The van der Waals surface area contributed by atoms with Crippen LogP contribution in [-0.2, 0) is 9.53 Å². The van der Waals surface area contributed by atoms with E-state index in [1.54, 1.807) is 0 Å². The number of carbonyl (C=O) groups is 1. The Morgan fingerprint density at radius 3 is 2.62 bits per heavy atom. The van der Waals surface area contributed by atoms with E-state index in [1.165, 1.54) is 12.8 Å². The maximum absolute atomic E-state index is 12.3. The summed E-state index contributed by atoms with van der Waals surface area (Å²) in [4.78, 5) is 16.7. The molecule has 0 saturated carbocycles. The molecule has 3 rings (SSSR count). The van der Waals surface area contributed by atoms with Crippen LogP contribution in [0.5, 0.6) is 0 Å². The molecule has 3 fully saturated rings. The van der Waals surface area contributed by atoms with E-state index in [0.29, 0.717) is 12.0 Å². The van der Waals surface area contributed by atoms with Gasteiger partial charge in [-0.2, -0.15) is 0 Å². The van der Waals surface area contributed by atoms with Crippen molar-refractivity contribution in [3.8, 4) is 0 Å².